The third-order valence-corrected chi connectivity index (χ3v) is 4.75. The largest absolute Gasteiger partial charge is 0.451 e. The van der Waals surface area contributed by atoms with Gasteiger partial charge in [-0.2, -0.15) is 0 Å². The molecule has 0 aromatic carbocycles. The van der Waals surface area contributed by atoms with E-state index in [-0.39, 0.29) is 0 Å². The molecule has 0 spiro atoms. The lowest BCUT2D eigenvalue weighted by molar-refractivity contribution is -0.123. The summed E-state index contributed by atoms with van der Waals surface area (Å²) in [6, 6.07) is 1.23. The lowest BCUT2D eigenvalue weighted by atomic mass is 9.97. The zero-order valence-corrected chi connectivity index (χ0v) is 14.5. The summed E-state index contributed by atoms with van der Waals surface area (Å²) in [4.78, 5) is 35.5. The fourth-order valence-corrected chi connectivity index (χ4v) is 3.27. The Kier molecular flexibility index (Phi) is 6.99. The first-order valence-electron chi connectivity index (χ1n) is 8.03. The van der Waals surface area contributed by atoms with Crippen molar-refractivity contribution >= 4 is 29.2 Å². The van der Waals surface area contributed by atoms with Crippen molar-refractivity contribution in [3.63, 3.8) is 0 Å². The predicted molar refractivity (Wildman–Crippen MR) is 92.0 cm³/mol. The van der Waals surface area contributed by atoms with E-state index in [1.165, 1.54) is 29.8 Å². The number of carbonyl (C=O) groups is 3. The van der Waals surface area contributed by atoms with Crippen LogP contribution in [0.25, 0.3) is 0 Å². The Hall–Kier alpha value is -2.15. The first-order chi connectivity index (χ1) is 11.6. The average molecular weight is 350 g/mol. The van der Waals surface area contributed by atoms with Gasteiger partial charge in [-0.1, -0.05) is 11.6 Å². The molecule has 0 aliphatic heterocycles. The van der Waals surface area contributed by atoms with Gasteiger partial charge in [-0.3, -0.25) is 10.1 Å². The maximum Gasteiger partial charge on any atom is 0.349 e. The number of esters is 1. The first kappa shape index (κ1) is 18.2. The van der Waals surface area contributed by atoms with Crippen LogP contribution in [0.2, 0.25) is 0 Å². The molecule has 1 aliphatic rings. The minimum absolute atomic E-state index is 0.466. The first-order valence-corrected chi connectivity index (χ1v) is 8.91. The molecule has 0 bridgehead atoms. The highest BCUT2D eigenvalue weighted by Gasteiger charge is 2.15. The van der Waals surface area contributed by atoms with Gasteiger partial charge in [-0.25, -0.2) is 9.59 Å². The highest BCUT2D eigenvalue weighted by molar-refractivity contribution is 7.12. The predicted octanol–water partition coefficient (Wildman–Crippen LogP) is 2.93. The molecule has 7 heteroatoms. The fourth-order valence-electron chi connectivity index (χ4n) is 2.45. The molecule has 1 aliphatic carbocycles. The Labute approximate surface area is 145 Å². The van der Waals surface area contributed by atoms with Crippen LogP contribution < -0.4 is 10.6 Å². The number of amides is 3. The maximum atomic E-state index is 11.8. The minimum Gasteiger partial charge on any atom is -0.451 e. The molecule has 24 heavy (non-hydrogen) atoms. The van der Waals surface area contributed by atoms with E-state index in [1.807, 2.05) is 0 Å². The summed E-state index contributed by atoms with van der Waals surface area (Å²) >= 11 is 1.26. The van der Waals surface area contributed by atoms with Crippen molar-refractivity contribution in [2.75, 3.05) is 13.2 Å². The molecular weight excluding hydrogens is 328 g/mol. The third-order valence-electron chi connectivity index (χ3n) is 3.75. The van der Waals surface area contributed by atoms with Crippen molar-refractivity contribution in [2.45, 2.75) is 39.0 Å². The Morgan fingerprint density at radius 2 is 2.12 bits per heavy atom. The van der Waals surface area contributed by atoms with E-state index in [2.05, 4.69) is 16.7 Å². The second-order valence-corrected chi connectivity index (χ2v) is 6.59. The molecule has 1 aromatic heterocycles. The Morgan fingerprint density at radius 1 is 1.29 bits per heavy atom. The molecule has 130 valence electrons. The van der Waals surface area contributed by atoms with Crippen LogP contribution in [0.5, 0.6) is 0 Å². The SMILES string of the molecule is Cc1ccsc1C(=O)OCC(=O)NC(=O)NCCC1=CCCCC1. The molecule has 6 nitrogen and oxygen atoms in total. The second kappa shape index (κ2) is 9.22. The van der Waals surface area contributed by atoms with E-state index in [0.29, 0.717) is 11.4 Å². The van der Waals surface area contributed by atoms with Crippen molar-refractivity contribution in [1.82, 2.24) is 10.6 Å². The molecule has 1 aromatic rings. The van der Waals surface area contributed by atoms with Gasteiger partial charge in [-0.15, -0.1) is 11.3 Å². The molecule has 2 N–H and O–H groups in total. The number of allylic oxidation sites excluding steroid dienone is 1. The number of carbonyl (C=O) groups excluding carboxylic acids is 3. The third kappa shape index (κ3) is 5.81. The fraction of sp³-hybridized carbons (Fsp3) is 0.471. The second-order valence-electron chi connectivity index (χ2n) is 5.67. The highest BCUT2D eigenvalue weighted by Crippen LogP contribution is 2.19. The van der Waals surface area contributed by atoms with E-state index >= 15 is 0 Å². The minimum atomic E-state index is -0.646. The van der Waals surface area contributed by atoms with E-state index < -0.39 is 24.5 Å². The molecule has 3 amide bonds. The Bertz CT molecular complexity index is 636. The Morgan fingerprint density at radius 3 is 2.79 bits per heavy atom. The topological polar surface area (TPSA) is 84.5 Å². The summed E-state index contributed by atoms with van der Waals surface area (Å²) in [5.74, 6) is -1.20. The van der Waals surface area contributed by atoms with Gasteiger partial charge in [0.1, 0.15) is 4.88 Å². The van der Waals surface area contributed by atoms with Crippen molar-refractivity contribution in [2.24, 2.45) is 0 Å². The van der Waals surface area contributed by atoms with Crippen LogP contribution in [0.4, 0.5) is 4.79 Å². The molecule has 0 radical (unpaired) electrons. The quantitative estimate of drug-likeness (QED) is 0.610. The van der Waals surface area contributed by atoms with Gasteiger partial charge in [0.15, 0.2) is 6.61 Å². The van der Waals surface area contributed by atoms with E-state index in [4.69, 9.17) is 4.74 Å². The van der Waals surface area contributed by atoms with E-state index in [9.17, 15) is 14.4 Å². The van der Waals surface area contributed by atoms with Crippen molar-refractivity contribution in [1.29, 1.82) is 0 Å². The van der Waals surface area contributed by atoms with Gasteiger partial charge in [0.2, 0.25) is 0 Å². The van der Waals surface area contributed by atoms with Gasteiger partial charge in [0.05, 0.1) is 0 Å². The van der Waals surface area contributed by atoms with Crippen LogP contribution in [0, 0.1) is 6.92 Å². The van der Waals surface area contributed by atoms with E-state index in [0.717, 1.165) is 24.8 Å². The van der Waals surface area contributed by atoms with Crippen LogP contribution in [0.15, 0.2) is 23.1 Å². The Balaban J connectivity index is 1.62. The van der Waals surface area contributed by atoms with Crippen molar-refractivity contribution in [3.8, 4) is 0 Å². The standard InChI is InChI=1S/C17H22N2O4S/c1-12-8-10-24-15(12)16(21)23-11-14(20)19-17(22)18-9-7-13-5-3-2-4-6-13/h5,8,10H,2-4,6-7,9,11H2,1H3,(H2,18,19,20,22). The highest BCUT2D eigenvalue weighted by atomic mass is 32.1. The molecule has 0 fully saturated rings. The summed E-state index contributed by atoms with van der Waals surface area (Å²) in [6.45, 7) is 1.80. The number of rotatable bonds is 6. The maximum absolute atomic E-state index is 11.8. The van der Waals surface area contributed by atoms with Gasteiger partial charge in [0, 0.05) is 6.54 Å². The van der Waals surface area contributed by atoms with Gasteiger partial charge >= 0.3 is 12.0 Å². The smallest absolute Gasteiger partial charge is 0.349 e. The summed E-state index contributed by atoms with van der Waals surface area (Å²) in [6.07, 6.45) is 7.64. The van der Waals surface area contributed by atoms with Crippen LogP contribution in [0.3, 0.4) is 0 Å². The molecule has 2 rings (SSSR count). The lowest BCUT2D eigenvalue weighted by Gasteiger charge is -2.13. The van der Waals surface area contributed by atoms with Crippen LogP contribution >= 0.6 is 11.3 Å². The molecule has 0 unspecified atom stereocenters. The van der Waals surface area contributed by atoms with Gasteiger partial charge in [-0.05, 0) is 56.0 Å². The van der Waals surface area contributed by atoms with Gasteiger partial charge in [0.25, 0.3) is 5.91 Å². The summed E-state index contributed by atoms with van der Waals surface area (Å²) < 4.78 is 4.90. The number of hydrogen-bond donors (Lipinski definition) is 2. The van der Waals surface area contributed by atoms with Crippen LogP contribution in [-0.4, -0.2) is 31.1 Å². The number of hydrogen-bond acceptors (Lipinski definition) is 5. The molecular formula is C17H22N2O4S. The molecule has 0 saturated carbocycles. The van der Waals surface area contributed by atoms with Gasteiger partial charge < -0.3 is 10.1 Å². The number of nitrogens with one attached hydrogen (secondary N) is 2. The van der Waals surface area contributed by atoms with Crippen LogP contribution in [-0.2, 0) is 9.53 Å². The van der Waals surface area contributed by atoms with E-state index in [1.54, 1.807) is 18.4 Å². The molecule has 1 heterocycles. The molecule has 0 saturated heterocycles. The lowest BCUT2D eigenvalue weighted by Crippen LogP contribution is -2.41. The average Bonchev–Trinajstić information content (AvgIpc) is 3.00. The zero-order valence-electron chi connectivity index (χ0n) is 13.7. The number of ether oxygens (including phenoxy) is 1. The number of urea groups is 1. The number of imide groups is 1. The summed E-state index contributed by atoms with van der Waals surface area (Å²) in [5.41, 5.74) is 2.16. The summed E-state index contributed by atoms with van der Waals surface area (Å²) in [5, 5.41) is 6.56. The van der Waals surface area contributed by atoms with Crippen molar-refractivity contribution in [3.05, 3.63) is 33.5 Å². The molecule has 0 atom stereocenters. The van der Waals surface area contributed by atoms with Crippen LogP contribution in [0.1, 0.15) is 47.3 Å². The number of aryl methyl sites for hydroxylation is 1. The zero-order chi connectivity index (χ0) is 17.4. The monoisotopic (exact) mass is 350 g/mol. The van der Waals surface area contributed by atoms with Crippen molar-refractivity contribution < 1.29 is 19.1 Å². The summed E-state index contributed by atoms with van der Waals surface area (Å²) in [7, 11) is 0. The number of thiophene rings is 1. The normalized spacial score (nSPS) is 13.8.